The van der Waals surface area contributed by atoms with Gasteiger partial charge in [0.15, 0.2) is 15.7 Å². The normalized spacial score (nSPS) is 17.1. The van der Waals surface area contributed by atoms with Gasteiger partial charge in [-0.1, -0.05) is 19.3 Å². The average molecular weight is 502 g/mol. The number of benzene rings is 1. The van der Waals surface area contributed by atoms with E-state index < -0.39 is 14.6 Å². The van der Waals surface area contributed by atoms with Crippen molar-refractivity contribution in [1.29, 1.82) is 0 Å². The van der Waals surface area contributed by atoms with Crippen molar-refractivity contribution < 1.29 is 18.3 Å². The number of aromatic nitrogens is 2. The summed E-state index contributed by atoms with van der Waals surface area (Å²) >= 11 is 0. The predicted molar refractivity (Wildman–Crippen MR) is 137 cm³/mol. The van der Waals surface area contributed by atoms with Crippen LogP contribution in [0.2, 0.25) is 0 Å². The molecule has 0 radical (unpaired) electrons. The Hall–Kier alpha value is -2.72. The van der Waals surface area contributed by atoms with Crippen LogP contribution in [0.4, 0.5) is 16.3 Å². The molecule has 9 nitrogen and oxygen atoms in total. The van der Waals surface area contributed by atoms with Crippen LogP contribution >= 0.6 is 0 Å². The first-order valence-electron chi connectivity index (χ1n) is 12.4. The Labute approximate surface area is 207 Å². The van der Waals surface area contributed by atoms with Crippen LogP contribution in [0.5, 0.6) is 0 Å². The molecule has 2 fully saturated rings. The van der Waals surface area contributed by atoms with E-state index in [0.29, 0.717) is 41.4 Å². The van der Waals surface area contributed by atoms with E-state index in [2.05, 4.69) is 20.9 Å². The van der Waals surface area contributed by atoms with Gasteiger partial charge >= 0.3 is 6.03 Å². The van der Waals surface area contributed by atoms with Crippen molar-refractivity contribution in [2.24, 2.45) is 0 Å². The van der Waals surface area contributed by atoms with E-state index >= 15 is 0 Å². The molecule has 0 atom stereocenters. The number of aliphatic hydroxyl groups excluding tert-OH is 1. The van der Waals surface area contributed by atoms with Crippen LogP contribution in [0.15, 0.2) is 30.3 Å². The highest BCUT2D eigenvalue weighted by Crippen LogP contribution is 2.38. The molecule has 1 aromatic heterocycles. The number of anilines is 2. The van der Waals surface area contributed by atoms with Gasteiger partial charge in [0.05, 0.1) is 17.6 Å². The van der Waals surface area contributed by atoms with Gasteiger partial charge in [0.1, 0.15) is 10.6 Å². The van der Waals surface area contributed by atoms with E-state index in [1.54, 1.807) is 44.2 Å². The van der Waals surface area contributed by atoms with Crippen LogP contribution in [-0.2, 0) is 14.6 Å². The van der Waals surface area contributed by atoms with E-state index in [1.165, 1.54) is 0 Å². The average Bonchev–Trinajstić information content (AvgIpc) is 3.67. The summed E-state index contributed by atoms with van der Waals surface area (Å²) in [4.78, 5) is 21.3. The number of nitrogens with one attached hydrogen (secondary N) is 3. The summed E-state index contributed by atoms with van der Waals surface area (Å²) in [5.74, 6) is 0.834. The van der Waals surface area contributed by atoms with Gasteiger partial charge in [0.2, 0.25) is 0 Å². The molecule has 4 N–H and O–H groups in total. The molecule has 2 amide bonds. The summed E-state index contributed by atoms with van der Waals surface area (Å²) in [7, 11) is -3.50. The first-order chi connectivity index (χ1) is 16.7. The van der Waals surface area contributed by atoms with Crippen LogP contribution in [0.25, 0.3) is 11.4 Å². The summed E-state index contributed by atoms with van der Waals surface area (Å²) in [6.07, 6.45) is 6.32. The maximum atomic E-state index is 13.6. The Kier molecular flexibility index (Phi) is 7.61. The van der Waals surface area contributed by atoms with E-state index in [0.717, 1.165) is 32.1 Å². The fourth-order valence-corrected chi connectivity index (χ4v) is 6.56. The molecule has 0 aliphatic heterocycles. The standard InChI is InChI=1S/C25H35N5O4S/c1-25(2,35(33,34)20-6-4-3-5-7-20)21-16-22(26-14-15-31)30-23(29-21)17-8-10-18(11-9-17)27-24(32)28-19-12-13-19/h8-11,16,19-20,31H,3-7,12-15H2,1-2H3,(H,26,29,30)(H2,27,28,32). The van der Waals surface area contributed by atoms with Crippen LogP contribution in [0, 0.1) is 0 Å². The molecule has 2 aliphatic carbocycles. The second-order valence-corrected chi connectivity index (χ2v) is 12.7. The van der Waals surface area contributed by atoms with Gasteiger partial charge in [-0.2, -0.15) is 0 Å². The zero-order valence-electron chi connectivity index (χ0n) is 20.4. The molecule has 2 aliphatic rings. The Balaban J connectivity index is 1.62. The van der Waals surface area contributed by atoms with Crippen molar-refractivity contribution >= 4 is 27.4 Å². The van der Waals surface area contributed by atoms with E-state index in [9.17, 15) is 18.3 Å². The van der Waals surface area contributed by atoms with Gasteiger partial charge < -0.3 is 21.1 Å². The number of aliphatic hydroxyl groups is 1. The lowest BCUT2D eigenvalue weighted by atomic mass is 10.0. The lowest BCUT2D eigenvalue weighted by molar-refractivity contribution is 0.251. The minimum atomic E-state index is -3.50. The number of carbonyl (C=O) groups is 1. The molecule has 1 aromatic carbocycles. The summed E-state index contributed by atoms with van der Waals surface area (Å²) < 4.78 is 26.1. The molecule has 0 unspecified atom stereocenters. The van der Waals surface area contributed by atoms with Crippen molar-refractivity contribution in [2.45, 2.75) is 74.8 Å². The number of carbonyl (C=O) groups excluding carboxylic acids is 1. The molecule has 2 aromatic rings. The number of nitrogens with zero attached hydrogens (tertiary/aromatic N) is 2. The number of urea groups is 1. The molecule has 0 spiro atoms. The molecule has 10 heteroatoms. The number of hydrogen-bond acceptors (Lipinski definition) is 7. The van der Waals surface area contributed by atoms with E-state index in [1.807, 2.05) is 0 Å². The van der Waals surface area contributed by atoms with Gasteiger partial charge in [0, 0.05) is 29.9 Å². The Morgan fingerprint density at radius 3 is 2.37 bits per heavy atom. The number of rotatable bonds is 9. The van der Waals surface area contributed by atoms with Crippen molar-refractivity contribution in [2.75, 3.05) is 23.8 Å². The molecule has 0 saturated heterocycles. The molecule has 2 saturated carbocycles. The largest absolute Gasteiger partial charge is 0.395 e. The minimum Gasteiger partial charge on any atom is -0.395 e. The number of amides is 2. The summed E-state index contributed by atoms with van der Waals surface area (Å²) in [5.41, 5.74) is 1.75. The van der Waals surface area contributed by atoms with Crippen LogP contribution < -0.4 is 16.0 Å². The van der Waals surface area contributed by atoms with Crippen LogP contribution in [-0.4, -0.2) is 54.0 Å². The Morgan fingerprint density at radius 2 is 1.74 bits per heavy atom. The zero-order chi connectivity index (χ0) is 25.1. The van der Waals surface area contributed by atoms with Gasteiger partial charge in [-0.15, -0.1) is 0 Å². The molecule has 35 heavy (non-hydrogen) atoms. The monoisotopic (exact) mass is 501 g/mol. The third-order valence-corrected chi connectivity index (χ3v) is 9.76. The third-order valence-electron chi connectivity index (χ3n) is 6.78. The SMILES string of the molecule is CC(C)(c1cc(NCCO)nc(-c2ccc(NC(=O)NC3CC3)cc2)n1)S(=O)(=O)C1CCCCC1. The van der Waals surface area contributed by atoms with Gasteiger partial charge in [-0.25, -0.2) is 23.2 Å². The second kappa shape index (κ2) is 10.5. The van der Waals surface area contributed by atoms with E-state index in [4.69, 9.17) is 4.98 Å². The molecule has 1 heterocycles. The summed E-state index contributed by atoms with van der Waals surface area (Å²) in [6.45, 7) is 3.63. The molecule has 0 bridgehead atoms. The Morgan fingerprint density at radius 1 is 1.06 bits per heavy atom. The van der Waals surface area contributed by atoms with E-state index in [-0.39, 0.29) is 30.5 Å². The maximum absolute atomic E-state index is 13.6. The lowest BCUT2D eigenvalue weighted by Crippen LogP contribution is -2.39. The van der Waals surface area contributed by atoms with Crippen molar-refractivity contribution in [3.8, 4) is 11.4 Å². The van der Waals surface area contributed by atoms with Crippen LogP contribution in [0.3, 0.4) is 0 Å². The highest BCUT2D eigenvalue weighted by atomic mass is 32.2. The predicted octanol–water partition coefficient (Wildman–Crippen LogP) is 3.81. The summed E-state index contributed by atoms with van der Waals surface area (Å²) in [5, 5.41) is 17.6. The highest BCUT2D eigenvalue weighted by Gasteiger charge is 2.43. The molecular formula is C25H35N5O4S. The smallest absolute Gasteiger partial charge is 0.319 e. The number of hydrogen-bond donors (Lipinski definition) is 4. The third kappa shape index (κ3) is 5.92. The first kappa shape index (κ1) is 25.4. The maximum Gasteiger partial charge on any atom is 0.319 e. The first-order valence-corrected chi connectivity index (χ1v) is 13.9. The van der Waals surface area contributed by atoms with Gasteiger partial charge in [0.25, 0.3) is 0 Å². The van der Waals surface area contributed by atoms with Crippen molar-refractivity contribution in [3.63, 3.8) is 0 Å². The van der Waals surface area contributed by atoms with Gasteiger partial charge in [-0.3, -0.25) is 0 Å². The molecule has 4 rings (SSSR count). The zero-order valence-corrected chi connectivity index (χ0v) is 21.2. The minimum absolute atomic E-state index is 0.0816. The molecular weight excluding hydrogens is 466 g/mol. The van der Waals surface area contributed by atoms with Crippen molar-refractivity contribution in [3.05, 3.63) is 36.0 Å². The summed E-state index contributed by atoms with van der Waals surface area (Å²) in [6, 6.07) is 8.82. The fourth-order valence-electron chi connectivity index (χ4n) is 4.38. The van der Waals surface area contributed by atoms with Crippen molar-refractivity contribution in [1.82, 2.24) is 15.3 Å². The topological polar surface area (TPSA) is 133 Å². The fraction of sp³-hybridized carbons (Fsp3) is 0.560. The highest BCUT2D eigenvalue weighted by molar-refractivity contribution is 7.92. The van der Waals surface area contributed by atoms with Crippen LogP contribution in [0.1, 0.15) is 64.5 Å². The number of sulfone groups is 1. The van der Waals surface area contributed by atoms with Gasteiger partial charge in [-0.05, 0) is 63.8 Å². The second-order valence-electron chi connectivity index (χ2n) is 9.88. The molecule has 190 valence electrons. The lowest BCUT2D eigenvalue weighted by Gasteiger charge is -2.32. The quantitative estimate of drug-likeness (QED) is 0.410. The Bertz CT molecular complexity index is 1140.